The van der Waals surface area contributed by atoms with Gasteiger partial charge in [-0.05, 0) is 32.3 Å². The maximum Gasteiger partial charge on any atom is 0.317 e. The van der Waals surface area contributed by atoms with Crippen LogP contribution in [0.2, 0.25) is 0 Å². The van der Waals surface area contributed by atoms with Crippen LogP contribution in [0.5, 0.6) is 0 Å². The van der Waals surface area contributed by atoms with Gasteiger partial charge in [0.15, 0.2) is 15.9 Å². The Hall–Kier alpha value is -1.96. The molecule has 0 radical (unpaired) electrons. The molecule has 1 N–H and O–H groups in total. The van der Waals surface area contributed by atoms with E-state index in [4.69, 9.17) is 4.74 Å². The van der Waals surface area contributed by atoms with Crippen molar-refractivity contribution < 1.29 is 27.1 Å². The summed E-state index contributed by atoms with van der Waals surface area (Å²) >= 11 is 0. The summed E-state index contributed by atoms with van der Waals surface area (Å²) in [5.74, 6) is -1.65. The normalized spacial score (nSPS) is 24.3. The summed E-state index contributed by atoms with van der Waals surface area (Å²) in [7, 11) is -3.12. The molecule has 27 heavy (non-hydrogen) atoms. The van der Waals surface area contributed by atoms with E-state index in [0.29, 0.717) is 24.8 Å². The molecule has 2 aliphatic rings. The Morgan fingerprint density at radius 1 is 1.26 bits per heavy atom. The Kier molecular flexibility index (Phi) is 5.55. The Bertz CT molecular complexity index is 832. The first-order valence-corrected chi connectivity index (χ1v) is 11.0. The molecule has 1 aliphatic carbocycles. The van der Waals surface area contributed by atoms with Gasteiger partial charge in [-0.25, -0.2) is 12.8 Å². The van der Waals surface area contributed by atoms with E-state index in [1.807, 2.05) is 0 Å². The molecule has 6 nitrogen and oxygen atoms in total. The number of ether oxygens (including phenoxy) is 1. The van der Waals surface area contributed by atoms with Crippen LogP contribution in [0.3, 0.4) is 0 Å². The van der Waals surface area contributed by atoms with Gasteiger partial charge >= 0.3 is 5.97 Å². The summed E-state index contributed by atoms with van der Waals surface area (Å²) in [5.41, 5.74) is -0.765. The van der Waals surface area contributed by atoms with Crippen molar-refractivity contribution in [2.45, 2.75) is 56.6 Å². The number of carbonyl (C=O) groups is 2. The maximum absolute atomic E-state index is 14.3. The van der Waals surface area contributed by atoms with Crippen LogP contribution in [0.15, 0.2) is 24.3 Å². The van der Waals surface area contributed by atoms with Crippen molar-refractivity contribution in [3.63, 3.8) is 0 Å². The van der Waals surface area contributed by atoms with E-state index in [2.05, 4.69) is 5.32 Å². The number of carbonyl (C=O) groups excluding carboxylic acids is 2. The SMILES string of the molecule is C[C@H](OC(=O)C1(c2ccccc2F)CCCC1)C(=O)N[C@H]1CCS(=O)(=O)C1. The van der Waals surface area contributed by atoms with E-state index in [1.165, 1.54) is 13.0 Å². The van der Waals surface area contributed by atoms with Crippen LogP contribution in [0.4, 0.5) is 4.39 Å². The molecule has 3 rings (SSSR count). The van der Waals surface area contributed by atoms with E-state index in [-0.39, 0.29) is 11.5 Å². The standard InChI is InChI=1S/C19H24FNO5S/c1-13(17(22)21-14-8-11-27(24,25)12-14)26-18(23)19(9-4-5-10-19)15-6-2-3-7-16(15)20/h2-3,6-7,13-14H,4-5,8-12H2,1H3,(H,21,22)/t13-,14-/m0/s1. The molecule has 1 heterocycles. The molecule has 1 aliphatic heterocycles. The summed E-state index contributed by atoms with van der Waals surface area (Å²) < 4.78 is 42.8. The predicted molar refractivity (Wildman–Crippen MR) is 97.3 cm³/mol. The first-order chi connectivity index (χ1) is 12.7. The molecule has 0 bridgehead atoms. The number of halogens is 1. The van der Waals surface area contributed by atoms with Crippen molar-refractivity contribution in [2.75, 3.05) is 11.5 Å². The summed E-state index contributed by atoms with van der Waals surface area (Å²) in [5, 5.41) is 2.62. The highest BCUT2D eigenvalue weighted by Crippen LogP contribution is 2.43. The minimum absolute atomic E-state index is 0.0442. The van der Waals surface area contributed by atoms with Gasteiger partial charge in [0.25, 0.3) is 5.91 Å². The molecule has 1 saturated carbocycles. The van der Waals surface area contributed by atoms with E-state index in [9.17, 15) is 22.4 Å². The predicted octanol–water partition coefficient (Wildman–Crippen LogP) is 1.87. The zero-order chi connectivity index (χ0) is 19.7. The smallest absolute Gasteiger partial charge is 0.317 e. The number of amides is 1. The second-order valence-electron chi connectivity index (χ2n) is 7.43. The minimum atomic E-state index is -3.12. The van der Waals surface area contributed by atoms with Crippen LogP contribution in [0, 0.1) is 5.82 Å². The van der Waals surface area contributed by atoms with Crippen molar-refractivity contribution in [2.24, 2.45) is 0 Å². The molecular formula is C19H24FNO5S. The molecule has 1 aromatic carbocycles. The average Bonchev–Trinajstić information content (AvgIpc) is 3.22. The highest BCUT2D eigenvalue weighted by atomic mass is 32.2. The van der Waals surface area contributed by atoms with Crippen molar-refractivity contribution in [3.8, 4) is 0 Å². The molecule has 1 saturated heterocycles. The Labute approximate surface area is 158 Å². The second-order valence-corrected chi connectivity index (χ2v) is 9.65. The lowest BCUT2D eigenvalue weighted by molar-refractivity contribution is -0.160. The zero-order valence-electron chi connectivity index (χ0n) is 15.2. The lowest BCUT2D eigenvalue weighted by atomic mass is 9.78. The van der Waals surface area contributed by atoms with E-state index < -0.39 is 45.1 Å². The lowest BCUT2D eigenvalue weighted by Crippen LogP contribution is -2.45. The van der Waals surface area contributed by atoms with Crippen LogP contribution >= 0.6 is 0 Å². The average molecular weight is 397 g/mol. The molecule has 8 heteroatoms. The molecular weight excluding hydrogens is 373 g/mol. The van der Waals surface area contributed by atoms with Crippen LogP contribution in [0.1, 0.15) is 44.6 Å². The topological polar surface area (TPSA) is 89.5 Å². The quantitative estimate of drug-likeness (QED) is 0.766. The highest BCUT2D eigenvalue weighted by Gasteiger charge is 2.46. The largest absolute Gasteiger partial charge is 0.452 e. The molecule has 1 aromatic rings. The molecule has 0 aromatic heterocycles. The third-order valence-electron chi connectivity index (χ3n) is 5.47. The third kappa shape index (κ3) is 4.15. The van der Waals surface area contributed by atoms with E-state index in [0.717, 1.165) is 12.8 Å². The fourth-order valence-electron chi connectivity index (χ4n) is 3.97. The van der Waals surface area contributed by atoms with Crippen LogP contribution < -0.4 is 5.32 Å². The number of benzene rings is 1. The van der Waals surface area contributed by atoms with Gasteiger partial charge in [-0.2, -0.15) is 0 Å². The monoisotopic (exact) mass is 397 g/mol. The lowest BCUT2D eigenvalue weighted by Gasteiger charge is -2.29. The number of nitrogens with one attached hydrogen (secondary N) is 1. The van der Waals surface area contributed by atoms with Gasteiger partial charge in [0.2, 0.25) is 0 Å². The molecule has 1 amide bonds. The van der Waals surface area contributed by atoms with E-state index in [1.54, 1.807) is 18.2 Å². The van der Waals surface area contributed by atoms with Gasteiger partial charge in [-0.1, -0.05) is 31.0 Å². The van der Waals surface area contributed by atoms with Gasteiger partial charge in [0, 0.05) is 11.6 Å². The van der Waals surface area contributed by atoms with Crippen LogP contribution in [-0.2, 0) is 29.6 Å². The number of esters is 1. The van der Waals surface area contributed by atoms with Gasteiger partial charge in [-0.3, -0.25) is 9.59 Å². The highest BCUT2D eigenvalue weighted by molar-refractivity contribution is 7.91. The van der Waals surface area contributed by atoms with Crippen molar-refractivity contribution in [3.05, 3.63) is 35.6 Å². The molecule has 0 spiro atoms. The van der Waals surface area contributed by atoms with Gasteiger partial charge in [0.1, 0.15) is 5.82 Å². The van der Waals surface area contributed by atoms with Crippen LogP contribution in [0.25, 0.3) is 0 Å². The third-order valence-corrected chi connectivity index (χ3v) is 7.24. The number of hydrogen-bond acceptors (Lipinski definition) is 5. The van der Waals surface area contributed by atoms with Crippen molar-refractivity contribution in [1.82, 2.24) is 5.32 Å². The summed E-state index contributed by atoms with van der Waals surface area (Å²) in [4.78, 5) is 25.2. The van der Waals surface area contributed by atoms with E-state index >= 15 is 0 Å². The number of rotatable bonds is 5. The Balaban J connectivity index is 1.69. The first kappa shape index (κ1) is 19.8. The summed E-state index contributed by atoms with van der Waals surface area (Å²) in [6, 6.07) is 5.70. The molecule has 2 fully saturated rings. The van der Waals surface area contributed by atoms with Gasteiger partial charge in [0.05, 0.1) is 16.9 Å². The first-order valence-electron chi connectivity index (χ1n) is 9.20. The maximum atomic E-state index is 14.3. The summed E-state index contributed by atoms with van der Waals surface area (Å²) in [6.45, 7) is 1.45. The molecule has 148 valence electrons. The molecule has 0 unspecified atom stereocenters. The summed E-state index contributed by atoms with van der Waals surface area (Å²) in [6.07, 6.45) is 1.79. The zero-order valence-corrected chi connectivity index (χ0v) is 16.1. The fourth-order valence-corrected chi connectivity index (χ4v) is 5.64. The van der Waals surface area contributed by atoms with Gasteiger partial charge in [-0.15, -0.1) is 0 Å². The number of hydrogen-bond donors (Lipinski definition) is 1. The Morgan fingerprint density at radius 3 is 2.52 bits per heavy atom. The minimum Gasteiger partial charge on any atom is -0.452 e. The van der Waals surface area contributed by atoms with Gasteiger partial charge < -0.3 is 10.1 Å². The molecule has 2 atom stereocenters. The Morgan fingerprint density at radius 2 is 1.93 bits per heavy atom. The van der Waals surface area contributed by atoms with Crippen molar-refractivity contribution in [1.29, 1.82) is 0 Å². The van der Waals surface area contributed by atoms with Crippen LogP contribution in [-0.4, -0.2) is 43.9 Å². The number of sulfone groups is 1. The van der Waals surface area contributed by atoms with Crippen molar-refractivity contribution >= 4 is 21.7 Å². The second kappa shape index (κ2) is 7.58. The fraction of sp³-hybridized carbons (Fsp3) is 0.579.